The largest absolute Gasteiger partial charge is 0.489 e. The summed E-state index contributed by atoms with van der Waals surface area (Å²) in [5, 5.41) is 2.62. The quantitative estimate of drug-likeness (QED) is 0.264. The first-order chi connectivity index (χ1) is 19.0. The van der Waals surface area contributed by atoms with Gasteiger partial charge in [0.2, 0.25) is 15.9 Å². The standard InChI is InChI=1S/C29H29N3O6S2/c1-22-8-6-7-11-28(22)31-40(36,37)27-18-12-24(13-19-27)30-29(33)20-32(39(2,34)35)25-14-16-26(17-15-25)38-21-23-9-4-3-5-10-23/h3-19,31H,20-21H2,1-2H3,(H,30,33). The number of para-hydroxylation sites is 1. The summed E-state index contributed by atoms with van der Waals surface area (Å²) in [6.07, 6.45) is 1.02. The monoisotopic (exact) mass is 579 g/mol. The van der Waals surface area contributed by atoms with Gasteiger partial charge in [0.15, 0.2) is 0 Å². The number of anilines is 3. The van der Waals surface area contributed by atoms with E-state index in [9.17, 15) is 21.6 Å². The molecular weight excluding hydrogens is 550 g/mol. The molecular formula is C29H29N3O6S2. The van der Waals surface area contributed by atoms with Crippen molar-refractivity contribution in [3.8, 4) is 5.75 Å². The molecule has 2 N–H and O–H groups in total. The van der Waals surface area contributed by atoms with Crippen LogP contribution in [0.5, 0.6) is 5.75 Å². The van der Waals surface area contributed by atoms with Crippen LogP contribution in [-0.2, 0) is 31.4 Å². The Morgan fingerprint density at radius 1 is 0.800 bits per heavy atom. The third-order valence-electron chi connectivity index (χ3n) is 5.90. The second kappa shape index (κ2) is 12.2. The van der Waals surface area contributed by atoms with Crippen molar-refractivity contribution in [1.29, 1.82) is 0 Å². The van der Waals surface area contributed by atoms with E-state index in [0.717, 1.165) is 21.7 Å². The van der Waals surface area contributed by atoms with Crippen molar-refractivity contribution in [2.75, 3.05) is 27.1 Å². The number of nitrogens with zero attached hydrogens (tertiary/aromatic N) is 1. The smallest absolute Gasteiger partial charge is 0.261 e. The average Bonchev–Trinajstić information content (AvgIpc) is 2.92. The zero-order valence-corrected chi connectivity index (χ0v) is 23.6. The molecule has 40 heavy (non-hydrogen) atoms. The summed E-state index contributed by atoms with van der Waals surface area (Å²) >= 11 is 0. The van der Waals surface area contributed by atoms with Crippen LogP contribution in [0.3, 0.4) is 0 Å². The fourth-order valence-electron chi connectivity index (χ4n) is 3.79. The lowest BCUT2D eigenvalue weighted by Crippen LogP contribution is -2.37. The third kappa shape index (κ3) is 7.61. The van der Waals surface area contributed by atoms with Gasteiger partial charge in [0.1, 0.15) is 18.9 Å². The Morgan fingerprint density at radius 3 is 2.05 bits per heavy atom. The number of nitrogens with one attached hydrogen (secondary N) is 2. The van der Waals surface area contributed by atoms with Gasteiger partial charge in [0, 0.05) is 5.69 Å². The molecule has 9 nitrogen and oxygen atoms in total. The Bertz CT molecular complexity index is 1670. The molecule has 0 aliphatic heterocycles. The molecule has 4 rings (SSSR count). The Morgan fingerprint density at radius 2 is 1.43 bits per heavy atom. The molecule has 11 heteroatoms. The van der Waals surface area contributed by atoms with Gasteiger partial charge in [-0.05, 0) is 72.6 Å². The first kappa shape index (κ1) is 28.7. The predicted molar refractivity (Wildman–Crippen MR) is 156 cm³/mol. The van der Waals surface area contributed by atoms with Crippen LogP contribution in [0.25, 0.3) is 0 Å². The van der Waals surface area contributed by atoms with Gasteiger partial charge < -0.3 is 10.1 Å². The van der Waals surface area contributed by atoms with Crippen LogP contribution in [-0.4, -0.2) is 35.5 Å². The fraction of sp³-hybridized carbons (Fsp3) is 0.138. The number of sulfonamides is 2. The molecule has 0 fully saturated rings. The summed E-state index contributed by atoms with van der Waals surface area (Å²) in [5.74, 6) is -0.0408. The van der Waals surface area contributed by atoms with Gasteiger partial charge in [0.25, 0.3) is 10.0 Å². The molecule has 208 valence electrons. The molecule has 0 radical (unpaired) electrons. The molecule has 4 aromatic rings. The number of carbonyl (C=O) groups is 1. The van der Waals surface area contributed by atoms with Crippen LogP contribution in [0.2, 0.25) is 0 Å². The molecule has 0 saturated heterocycles. The number of carbonyl (C=O) groups excluding carboxylic acids is 1. The molecule has 0 saturated carbocycles. The summed E-state index contributed by atoms with van der Waals surface area (Å²) < 4.78 is 59.8. The summed E-state index contributed by atoms with van der Waals surface area (Å²) in [5.41, 5.74) is 2.86. The highest BCUT2D eigenvalue weighted by Crippen LogP contribution is 2.23. The maximum Gasteiger partial charge on any atom is 0.261 e. The molecule has 0 aromatic heterocycles. The number of ether oxygens (including phenoxy) is 1. The third-order valence-corrected chi connectivity index (χ3v) is 8.42. The Labute approximate surface area is 234 Å². The normalized spacial score (nSPS) is 11.4. The van der Waals surface area contributed by atoms with Crippen LogP contribution < -0.4 is 19.1 Å². The van der Waals surface area contributed by atoms with E-state index >= 15 is 0 Å². The minimum Gasteiger partial charge on any atom is -0.489 e. The second-order valence-electron chi connectivity index (χ2n) is 9.03. The maximum absolute atomic E-state index is 12.8. The number of hydrogen-bond acceptors (Lipinski definition) is 6. The van der Waals surface area contributed by atoms with E-state index in [4.69, 9.17) is 4.74 Å². The lowest BCUT2D eigenvalue weighted by atomic mass is 10.2. The van der Waals surface area contributed by atoms with Gasteiger partial charge in [-0.3, -0.25) is 13.8 Å². The van der Waals surface area contributed by atoms with Crippen molar-refractivity contribution in [3.05, 3.63) is 114 Å². The van der Waals surface area contributed by atoms with E-state index in [1.165, 1.54) is 24.3 Å². The number of rotatable bonds is 11. The highest BCUT2D eigenvalue weighted by atomic mass is 32.2. The molecule has 0 spiro atoms. The van der Waals surface area contributed by atoms with Crippen molar-refractivity contribution in [2.45, 2.75) is 18.4 Å². The van der Waals surface area contributed by atoms with E-state index in [2.05, 4.69) is 10.0 Å². The number of hydrogen-bond donors (Lipinski definition) is 2. The molecule has 0 aliphatic rings. The van der Waals surface area contributed by atoms with Crippen molar-refractivity contribution in [2.24, 2.45) is 0 Å². The Kier molecular flexibility index (Phi) is 8.76. The van der Waals surface area contributed by atoms with E-state index < -0.39 is 32.5 Å². The van der Waals surface area contributed by atoms with Crippen molar-refractivity contribution >= 4 is 43.0 Å². The minimum atomic E-state index is -3.84. The van der Waals surface area contributed by atoms with E-state index in [1.807, 2.05) is 36.4 Å². The van der Waals surface area contributed by atoms with Gasteiger partial charge in [-0.25, -0.2) is 16.8 Å². The van der Waals surface area contributed by atoms with Gasteiger partial charge in [-0.15, -0.1) is 0 Å². The van der Waals surface area contributed by atoms with Gasteiger partial charge in [-0.2, -0.15) is 0 Å². The van der Waals surface area contributed by atoms with E-state index in [0.29, 0.717) is 29.4 Å². The van der Waals surface area contributed by atoms with Crippen LogP contribution in [0, 0.1) is 6.92 Å². The molecule has 0 bridgehead atoms. The molecule has 1 amide bonds. The fourth-order valence-corrected chi connectivity index (χ4v) is 5.78. The SMILES string of the molecule is Cc1ccccc1NS(=O)(=O)c1ccc(NC(=O)CN(c2ccc(OCc3ccccc3)cc2)S(C)(=O)=O)cc1. The zero-order chi connectivity index (χ0) is 28.8. The topological polar surface area (TPSA) is 122 Å². The van der Waals surface area contributed by atoms with Gasteiger partial charge >= 0.3 is 0 Å². The Balaban J connectivity index is 1.39. The number of amides is 1. The number of benzene rings is 4. The predicted octanol–water partition coefficient (Wildman–Crippen LogP) is 4.78. The van der Waals surface area contributed by atoms with E-state index in [-0.39, 0.29) is 4.90 Å². The molecule has 0 unspecified atom stereocenters. The summed E-state index contributed by atoms with van der Waals surface area (Å²) in [7, 11) is -7.63. The molecule has 0 aliphatic carbocycles. The minimum absolute atomic E-state index is 0.0149. The number of aryl methyl sites for hydroxylation is 1. The highest BCUT2D eigenvalue weighted by molar-refractivity contribution is 7.92. The lowest BCUT2D eigenvalue weighted by Gasteiger charge is -2.22. The zero-order valence-electron chi connectivity index (χ0n) is 21.9. The van der Waals surface area contributed by atoms with Crippen LogP contribution >= 0.6 is 0 Å². The first-order valence-electron chi connectivity index (χ1n) is 12.2. The Hall–Kier alpha value is -4.35. The highest BCUT2D eigenvalue weighted by Gasteiger charge is 2.21. The second-order valence-corrected chi connectivity index (χ2v) is 12.6. The summed E-state index contributed by atoms with van der Waals surface area (Å²) in [6.45, 7) is 1.68. The van der Waals surface area contributed by atoms with Gasteiger partial charge in [0.05, 0.1) is 22.5 Å². The van der Waals surface area contributed by atoms with Crippen LogP contribution in [0.1, 0.15) is 11.1 Å². The van der Waals surface area contributed by atoms with Crippen molar-refractivity contribution < 1.29 is 26.4 Å². The molecule has 0 heterocycles. The molecule has 4 aromatic carbocycles. The lowest BCUT2D eigenvalue weighted by molar-refractivity contribution is -0.114. The summed E-state index contributed by atoms with van der Waals surface area (Å²) in [4.78, 5) is 12.8. The average molecular weight is 580 g/mol. The van der Waals surface area contributed by atoms with Crippen LogP contribution in [0.4, 0.5) is 17.1 Å². The molecule has 0 atom stereocenters. The van der Waals surface area contributed by atoms with Crippen molar-refractivity contribution in [1.82, 2.24) is 0 Å². The maximum atomic E-state index is 12.8. The first-order valence-corrected chi connectivity index (χ1v) is 15.6. The van der Waals surface area contributed by atoms with Crippen LogP contribution in [0.15, 0.2) is 108 Å². The van der Waals surface area contributed by atoms with E-state index in [1.54, 1.807) is 49.4 Å². The summed E-state index contributed by atoms with van der Waals surface area (Å²) in [6, 6.07) is 28.6. The van der Waals surface area contributed by atoms with Gasteiger partial charge in [-0.1, -0.05) is 48.5 Å². The van der Waals surface area contributed by atoms with Crippen molar-refractivity contribution in [3.63, 3.8) is 0 Å².